The average Bonchev–Trinajstić information content (AvgIpc) is 3.11. The number of fused-ring (bicyclic) bond motifs is 1. The van der Waals surface area contributed by atoms with E-state index in [1.165, 1.54) is 0 Å². The summed E-state index contributed by atoms with van der Waals surface area (Å²) in [4.78, 5) is 16.4. The second kappa shape index (κ2) is 8.05. The van der Waals surface area contributed by atoms with Gasteiger partial charge >= 0.3 is 0 Å². The number of aromatic nitrogens is 2. The molecule has 1 aromatic heterocycles. The first-order valence-electron chi connectivity index (χ1n) is 8.76. The minimum absolute atomic E-state index is 0.0660. The molecular weight excluding hydrogens is 318 g/mol. The number of hydrogen-bond donors (Lipinski definition) is 1. The number of hydrogen-bond acceptors (Lipinski definition) is 4. The minimum atomic E-state index is 0.0660. The van der Waals surface area contributed by atoms with Crippen molar-refractivity contribution in [1.82, 2.24) is 14.9 Å². The minimum Gasteiger partial charge on any atom is -0.497 e. The summed E-state index contributed by atoms with van der Waals surface area (Å²) in [5.74, 6) is 3.06. The molecule has 0 aliphatic carbocycles. The number of imidazole rings is 1. The van der Waals surface area contributed by atoms with Crippen LogP contribution in [0.4, 0.5) is 0 Å². The molecule has 0 fully saturated rings. The summed E-state index contributed by atoms with van der Waals surface area (Å²) in [6, 6.07) is 5.90. The topological polar surface area (TPSA) is 65.4 Å². The molecule has 134 valence electrons. The first-order valence-corrected chi connectivity index (χ1v) is 8.76. The van der Waals surface area contributed by atoms with Crippen LogP contribution < -0.4 is 14.8 Å². The van der Waals surface area contributed by atoms with Gasteiger partial charge < -0.3 is 19.4 Å². The molecule has 1 aliphatic heterocycles. The Kier molecular flexibility index (Phi) is 5.58. The molecule has 1 atom stereocenters. The summed E-state index contributed by atoms with van der Waals surface area (Å²) < 4.78 is 13.1. The lowest BCUT2D eigenvalue weighted by atomic mass is 9.96. The highest BCUT2D eigenvalue weighted by Crippen LogP contribution is 2.30. The monoisotopic (exact) mass is 343 g/mol. The lowest BCUT2D eigenvalue weighted by molar-refractivity contribution is -0.121. The Bertz CT molecular complexity index is 726. The predicted octanol–water partition coefficient (Wildman–Crippen LogP) is 2.21. The van der Waals surface area contributed by atoms with E-state index < -0.39 is 0 Å². The molecule has 2 heterocycles. The molecule has 6 nitrogen and oxygen atoms in total. The van der Waals surface area contributed by atoms with E-state index in [0.717, 1.165) is 35.7 Å². The normalized spacial score (nSPS) is 16.0. The lowest BCUT2D eigenvalue weighted by Gasteiger charge is -2.25. The zero-order valence-electron chi connectivity index (χ0n) is 14.8. The number of methoxy groups -OCH3 is 1. The summed E-state index contributed by atoms with van der Waals surface area (Å²) >= 11 is 0. The Hall–Kier alpha value is -2.50. The van der Waals surface area contributed by atoms with E-state index in [1.54, 1.807) is 13.3 Å². The molecule has 2 aromatic rings. The number of nitrogens with zero attached hydrogens (tertiary/aromatic N) is 2. The molecule has 0 saturated heterocycles. The van der Waals surface area contributed by atoms with E-state index in [0.29, 0.717) is 32.0 Å². The molecule has 1 aromatic carbocycles. The van der Waals surface area contributed by atoms with Gasteiger partial charge in [0.1, 0.15) is 17.3 Å². The smallest absolute Gasteiger partial charge is 0.221 e. The Morgan fingerprint density at radius 2 is 2.36 bits per heavy atom. The number of benzene rings is 1. The maximum absolute atomic E-state index is 12.1. The Labute approximate surface area is 148 Å². The highest BCUT2D eigenvalue weighted by atomic mass is 16.5. The maximum Gasteiger partial charge on any atom is 0.221 e. The maximum atomic E-state index is 12.1. The van der Waals surface area contributed by atoms with Crippen molar-refractivity contribution in [3.8, 4) is 11.5 Å². The molecule has 0 saturated carbocycles. The van der Waals surface area contributed by atoms with E-state index in [2.05, 4.69) is 17.2 Å². The highest BCUT2D eigenvalue weighted by molar-refractivity contribution is 5.75. The van der Waals surface area contributed by atoms with Crippen molar-refractivity contribution >= 4 is 5.91 Å². The van der Waals surface area contributed by atoms with Crippen molar-refractivity contribution in [2.24, 2.45) is 5.92 Å². The van der Waals surface area contributed by atoms with Gasteiger partial charge in [-0.05, 0) is 18.1 Å². The Morgan fingerprint density at radius 1 is 1.48 bits per heavy atom. The van der Waals surface area contributed by atoms with Crippen LogP contribution in [-0.2, 0) is 24.2 Å². The molecule has 0 radical (unpaired) electrons. The quantitative estimate of drug-likeness (QED) is 0.837. The van der Waals surface area contributed by atoms with Gasteiger partial charge in [-0.2, -0.15) is 0 Å². The van der Waals surface area contributed by atoms with Crippen LogP contribution in [0.3, 0.4) is 0 Å². The van der Waals surface area contributed by atoms with Crippen molar-refractivity contribution in [1.29, 1.82) is 0 Å². The second-order valence-electron chi connectivity index (χ2n) is 6.30. The van der Waals surface area contributed by atoms with Crippen molar-refractivity contribution in [3.05, 3.63) is 42.0 Å². The van der Waals surface area contributed by atoms with E-state index in [1.807, 2.05) is 29.0 Å². The molecule has 0 spiro atoms. The molecule has 1 N–H and O–H groups in total. The van der Waals surface area contributed by atoms with E-state index in [9.17, 15) is 4.79 Å². The van der Waals surface area contributed by atoms with Crippen LogP contribution in [0, 0.1) is 5.92 Å². The Morgan fingerprint density at radius 3 is 3.16 bits per heavy atom. The molecule has 0 bridgehead atoms. The molecule has 3 rings (SSSR count). The summed E-state index contributed by atoms with van der Waals surface area (Å²) in [5.41, 5.74) is 1.16. The van der Waals surface area contributed by atoms with Crippen LogP contribution in [0.2, 0.25) is 0 Å². The third kappa shape index (κ3) is 4.32. The number of carbonyl (C=O) groups is 1. The standard InChI is InChI=1S/C19H25N3O3/c1-3-18-20-7-9-22(18)8-6-19(23)21-12-14-10-15-4-5-16(24-2)11-17(15)25-13-14/h4-5,7,9,11,14H,3,6,8,10,12-13H2,1-2H3,(H,21,23)/t14-/m0/s1. The molecule has 6 heteroatoms. The van der Waals surface area contributed by atoms with Gasteiger partial charge in [0.2, 0.25) is 5.91 Å². The summed E-state index contributed by atoms with van der Waals surface area (Å²) in [6.45, 7) is 3.98. The molecule has 1 amide bonds. The fraction of sp³-hybridized carbons (Fsp3) is 0.474. The number of amides is 1. The van der Waals surface area contributed by atoms with Crippen molar-refractivity contribution in [2.45, 2.75) is 32.7 Å². The number of aryl methyl sites for hydroxylation is 2. The van der Waals surface area contributed by atoms with E-state index in [-0.39, 0.29) is 5.91 Å². The van der Waals surface area contributed by atoms with Crippen molar-refractivity contribution in [3.63, 3.8) is 0 Å². The molecular formula is C19H25N3O3. The summed E-state index contributed by atoms with van der Waals surface area (Å²) in [5, 5.41) is 3.03. The van der Waals surface area contributed by atoms with Gasteiger partial charge in [-0.3, -0.25) is 4.79 Å². The first-order chi connectivity index (χ1) is 12.2. The van der Waals surface area contributed by atoms with Crippen LogP contribution in [-0.4, -0.2) is 35.7 Å². The molecule has 1 aliphatic rings. The van der Waals surface area contributed by atoms with Crippen LogP contribution in [0.5, 0.6) is 11.5 Å². The molecule has 25 heavy (non-hydrogen) atoms. The lowest BCUT2D eigenvalue weighted by Crippen LogP contribution is -2.35. The van der Waals surface area contributed by atoms with Crippen LogP contribution >= 0.6 is 0 Å². The zero-order chi connectivity index (χ0) is 17.6. The van der Waals surface area contributed by atoms with Gasteiger partial charge in [-0.1, -0.05) is 13.0 Å². The molecule has 0 unspecified atom stereocenters. The number of rotatable bonds is 7. The fourth-order valence-electron chi connectivity index (χ4n) is 3.10. The third-order valence-electron chi connectivity index (χ3n) is 4.54. The van der Waals surface area contributed by atoms with Gasteiger partial charge in [-0.25, -0.2) is 4.98 Å². The largest absolute Gasteiger partial charge is 0.497 e. The van der Waals surface area contributed by atoms with Crippen LogP contribution in [0.25, 0.3) is 0 Å². The zero-order valence-corrected chi connectivity index (χ0v) is 14.8. The van der Waals surface area contributed by atoms with Gasteiger partial charge in [0, 0.05) is 50.3 Å². The van der Waals surface area contributed by atoms with Gasteiger partial charge in [0.25, 0.3) is 0 Å². The van der Waals surface area contributed by atoms with E-state index >= 15 is 0 Å². The SMILES string of the molecule is CCc1nccn1CCC(=O)NC[C@H]1COc2cc(OC)ccc2C1. The Balaban J connectivity index is 1.45. The first kappa shape index (κ1) is 17.3. The van der Waals surface area contributed by atoms with Gasteiger partial charge in [-0.15, -0.1) is 0 Å². The van der Waals surface area contributed by atoms with Crippen LogP contribution in [0.15, 0.2) is 30.6 Å². The number of ether oxygens (including phenoxy) is 2. The third-order valence-corrected chi connectivity index (χ3v) is 4.54. The highest BCUT2D eigenvalue weighted by Gasteiger charge is 2.21. The average molecular weight is 343 g/mol. The summed E-state index contributed by atoms with van der Waals surface area (Å²) in [6.07, 6.45) is 5.94. The number of carbonyl (C=O) groups excluding carboxylic acids is 1. The van der Waals surface area contributed by atoms with Gasteiger partial charge in [0.05, 0.1) is 13.7 Å². The van der Waals surface area contributed by atoms with Crippen molar-refractivity contribution < 1.29 is 14.3 Å². The van der Waals surface area contributed by atoms with Crippen LogP contribution in [0.1, 0.15) is 24.7 Å². The predicted molar refractivity (Wildman–Crippen MR) is 94.9 cm³/mol. The summed E-state index contributed by atoms with van der Waals surface area (Å²) in [7, 11) is 1.65. The second-order valence-corrected chi connectivity index (χ2v) is 6.30. The van der Waals surface area contributed by atoms with Crippen molar-refractivity contribution in [2.75, 3.05) is 20.3 Å². The van der Waals surface area contributed by atoms with E-state index in [4.69, 9.17) is 9.47 Å². The van der Waals surface area contributed by atoms with Gasteiger partial charge in [0.15, 0.2) is 0 Å². The number of nitrogens with one attached hydrogen (secondary N) is 1. The fourth-order valence-corrected chi connectivity index (χ4v) is 3.10.